The standard InChI is InChI=1S/C30H24N2O6S/c33-27-23-15-1-2-16(13-15)24(23)28(34)31(27)19-5-9-21(10-6-19)39(37,38)22-11-7-20(8-12-22)32-29(35)25-17-3-4-18(14-17)26(25)30(32)36/h1-12,15-18,23-26H,13-14H2/t15-,16-,17-,18-,23-,24-,25-,26+/m0/s1. The van der Waals surface area contributed by atoms with E-state index in [-0.39, 0.29) is 80.8 Å². The van der Waals surface area contributed by atoms with Crippen LogP contribution in [0.1, 0.15) is 12.8 Å². The zero-order valence-electron chi connectivity index (χ0n) is 20.7. The molecule has 2 saturated carbocycles. The molecule has 2 saturated heterocycles. The zero-order chi connectivity index (χ0) is 26.8. The number of hydrogen-bond donors (Lipinski definition) is 0. The van der Waals surface area contributed by atoms with Gasteiger partial charge in [-0.25, -0.2) is 8.42 Å². The second kappa shape index (κ2) is 7.63. The molecule has 2 heterocycles. The maximum absolute atomic E-state index is 13.4. The Labute approximate surface area is 224 Å². The van der Waals surface area contributed by atoms with Crippen LogP contribution in [0.25, 0.3) is 0 Å². The summed E-state index contributed by atoms with van der Waals surface area (Å²) in [6.07, 6.45) is 9.81. The molecule has 0 radical (unpaired) electrons. The van der Waals surface area contributed by atoms with Gasteiger partial charge in [-0.3, -0.25) is 29.0 Å². The van der Waals surface area contributed by atoms with Crippen molar-refractivity contribution in [1.82, 2.24) is 0 Å². The summed E-state index contributed by atoms with van der Waals surface area (Å²) in [5.41, 5.74) is 0.737. The molecule has 8 atom stereocenters. The summed E-state index contributed by atoms with van der Waals surface area (Å²) in [6, 6.07) is 11.6. The number of anilines is 2. The highest BCUT2D eigenvalue weighted by Gasteiger charge is 2.60. The molecule has 4 aliphatic carbocycles. The maximum atomic E-state index is 13.4. The molecule has 9 heteroatoms. The molecule has 0 unspecified atom stereocenters. The van der Waals surface area contributed by atoms with E-state index in [4.69, 9.17) is 0 Å². The first-order valence-electron chi connectivity index (χ1n) is 13.3. The summed E-state index contributed by atoms with van der Waals surface area (Å²) in [5.74, 6) is -1.77. The monoisotopic (exact) mass is 540 g/mol. The van der Waals surface area contributed by atoms with Crippen LogP contribution in [0.4, 0.5) is 11.4 Å². The molecule has 2 aliphatic heterocycles. The Morgan fingerprint density at radius 1 is 0.487 bits per heavy atom. The maximum Gasteiger partial charge on any atom is 0.238 e. The number of benzene rings is 2. The van der Waals surface area contributed by atoms with Gasteiger partial charge in [-0.15, -0.1) is 0 Å². The summed E-state index contributed by atoms with van der Waals surface area (Å²) in [4.78, 5) is 54.8. The van der Waals surface area contributed by atoms with Gasteiger partial charge in [-0.1, -0.05) is 24.3 Å². The third-order valence-electron chi connectivity index (χ3n) is 9.75. The quantitative estimate of drug-likeness (QED) is 0.436. The van der Waals surface area contributed by atoms with Crippen molar-refractivity contribution >= 4 is 44.8 Å². The largest absolute Gasteiger partial charge is 0.274 e. The van der Waals surface area contributed by atoms with Crippen LogP contribution in [0.3, 0.4) is 0 Å². The van der Waals surface area contributed by atoms with Gasteiger partial charge < -0.3 is 0 Å². The van der Waals surface area contributed by atoms with Crippen LogP contribution >= 0.6 is 0 Å². The number of nitrogens with zero attached hydrogens (tertiary/aromatic N) is 2. The molecule has 2 aromatic rings. The molecule has 196 valence electrons. The molecule has 4 fully saturated rings. The summed E-state index contributed by atoms with van der Waals surface area (Å²) >= 11 is 0. The number of allylic oxidation sites excluding steroid dienone is 4. The summed E-state index contributed by atoms with van der Waals surface area (Å²) in [6.45, 7) is 0. The van der Waals surface area contributed by atoms with Gasteiger partial charge in [0.1, 0.15) is 0 Å². The zero-order valence-corrected chi connectivity index (χ0v) is 21.5. The van der Waals surface area contributed by atoms with Crippen molar-refractivity contribution in [2.45, 2.75) is 22.6 Å². The first kappa shape index (κ1) is 23.1. The van der Waals surface area contributed by atoms with Crippen molar-refractivity contribution in [3.8, 4) is 0 Å². The van der Waals surface area contributed by atoms with Crippen molar-refractivity contribution in [2.24, 2.45) is 47.3 Å². The van der Waals surface area contributed by atoms with Gasteiger partial charge in [0, 0.05) is 0 Å². The number of rotatable bonds is 4. The molecular formula is C30H24N2O6S. The summed E-state index contributed by atoms with van der Waals surface area (Å²) < 4.78 is 26.7. The van der Waals surface area contributed by atoms with E-state index in [0.29, 0.717) is 11.4 Å². The van der Waals surface area contributed by atoms with Crippen molar-refractivity contribution in [2.75, 3.05) is 9.80 Å². The Morgan fingerprint density at radius 3 is 1.05 bits per heavy atom. The number of carbonyl (C=O) groups excluding carboxylic acids is 4. The van der Waals surface area contributed by atoms with E-state index >= 15 is 0 Å². The Hall–Kier alpha value is -3.85. The second-order valence-corrected chi connectivity index (χ2v) is 13.5. The highest BCUT2D eigenvalue weighted by molar-refractivity contribution is 7.91. The van der Waals surface area contributed by atoms with Gasteiger partial charge in [-0.2, -0.15) is 0 Å². The third kappa shape index (κ3) is 2.91. The van der Waals surface area contributed by atoms with Gasteiger partial charge in [-0.05, 0) is 85.0 Å². The number of hydrogen-bond acceptors (Lipinski definition) is 6. The lowest BCUT2D eigenvalue weighted by molar-refractivity contribution is -0.124. The Balaban J connectivity index is 1.03. The topological polar surface area (TPSA) is 109 Å². The molecule has 0 spiro atoms. The molecule has 4 amide bonds. The van der Waals surface area contributed by atoms with Crippen LogP contribution in [0.5, 0.6) is 0 Å². The smallest absolute Gasteiger partial charge is 0.238 e. The average Bonchev–Trinajstić information content (AvgIpc) is 3.77. The van der Waals surface area contributed by atoms with Gasteiger partial charge in [0.15, 0.2) is 0 Å². The van der Waals surface area contributed by atoms with Crippen molar-refractivity contribution < 1.29 is 27.6 Å². The molecule has 0 N–H and O–H groups in total. The van der Waals surface area contributed by atoms with E-state index in [1.165, 1.54) is 58.3 Å². The van der Waals surface area contributed by atoms with Crippen molar-refractivity contribution in [1.29, 1.82) is 0 Å². The number of amides is 4. The second-order valence-electron chi connectivity index (χ2n) is 11.5. The molecule has 8 rings (SSSR count). The molecule has 6 aliphatic rings. The number of fused-ring (bicyclic) bond motifs is 10. The normalized spacial score (nSPS) is 35.6. The fourth-order valence-electron chi connectivity index (χ4n) is 8.00. The molecule has 2 aromatic carbocycles. The van der Waals surface area contributed by atoms with Crippen LogP contribution in [-0.2, 0) is 29.0 Å². The first-order valence-corrected chi connectivity index (χ1v) is 14.8. The Bertz CT molecular complexity index is 1480. The number of sulfone groups is 1. The fraction of sp³-hybridized carbons (Fsp3) is 0.333. The van der Waals surface area contributed by atoms with Gasteiger partial charge in [0.05, 0.1) is 44.8 Å². The lowest BCUT2D eigenvalue weighted by Crippen LogP contribution is -2.32. The van der Waals surface area contributed by atoms with Crippen LogP contribution in [0, 0.1) is 47.3 Å². The minimum atomic E-state index is -3.92. The van der Waals surface area contributed by atoms with E-state index in [9.17, 15) is 27.6 Å². The van der Waals surface area contributed by atoms with E-state index in [0.717, 1.165) is 12.8 Å². The predicted octanol–water partition coefficient (Wildman–Crippen LogP) is 3.14. The van der Waals surface area contributed by atoms with Crippen molar-refractivity contribution in [3.05, 3.63) is 72.8 Å². The molecule has 0 aromatic heterocycles. The van der Waals surface area contributed by atoms with Crippen LogP contribution in [0.15, 0.2) is 82.6 Å². The minimum Gasteiger partial charge on any atom is -0.274 e. The minimum absolute atomic E-state index is 0.0190. The van der Waals surface area contributed by atoms with Crippen molar-refractivity contribution in [3.63, 3.8) is 0 Å². The summed E-state index contributed by atoms with van der Waals surface area (Å²) in [7, 11) is -3.92. The van der Waals surface area contributed by atoms with Crippen LogP contribution in [0.2, 0.25) is 0 Å². The van der Waals surface area contributed by atoms with E-state index < -0.39 is 9.84 Å². The molecule has 4 bridgehead atoms. The highest BCUT2D eigenvalue weighted by Crippen LogP contribution is 2.54. The van der Waals surface area contributed by atoms with E-state index in [1.54, 1.807) is 0 Å². The van der Waals surface area contributed by atoms with Crippen LogP contribution < -0.4 is 9.80 Å². The average molecular weight is 541 g/mol. The number of carbonyl (C=O) groups is 4. The lowest BCUT2D eigenvalue weighted by atomic mass is 9.85. The lowest BCUT2D eigenvalue weighted by Gasteiger charge is -2.18. The summed E-state index contributed by atoms with van der Waals surface area (Å²) in [5, 5.41) is 0. The van der Waals surface area contributed by atoms with E-state index in [1.807, 2.05) is 24.3 Å². The van der Waals surface area contributed by atoms with E-state index in [2.05, 4.69) is 0 Å². The highest BCUT2D eigenvalue weighted by atomic mass is 32.2. The van der Waals surface area contributed by atoms with Gasteiger partial charge in [0.2, 0.25) is 33.5 Å². The third-order valence-corrected chi connectivity index (χ3v) is 11.5. The fourth-order valence-corrected chi connectivity index (χ4v) is 9.26. The Morgan fingerprint density at radius 2 is 0.769 bits per heavy atom. The first-order chi connectivity index (χ1) is 18.8. The molecule has 8 nitrogen and oxygen atoms in total. The van der Waals surface area contributed by atoms with Gasteiger partial charge in [0.25, 0.3) is 0 Å². The Kier molecular flexibility index (Phi) is 4.51. The van der Waals surface area contributed by atoms with Gasteiger partial charge >= 0.3 is 0 Å². The molecule has 39 heavy (non-hydrogen) atoms. The number of imide groups is 2. The van der Waals surface area contributed by atoms with Crippen LogP contribution in [-0.4, -0.2) is 32.0 Å². The predicted molar refractivity (Wildman–Crippen MR) is 139 cm³/mol. The SMILES string of the molecule is O=C1[C@@H]2[C@@H](C(=O)N1c1ccc(S(=O)(=O)c3ccc(N4C(=O)[C@@H]5[C@H](C4=O)[C@H]4C=C[C@H]5C4)cc3)cc1)[C@H]1C=C[C@H]2C1. The molecular weight excluding hydrogens is 516 g/mol.